The van der Waals surface area contributed by atoms with Gasteiger partial charge in [-0.1, -0.05) is 0 Å². The van der Waals surface area contributed by atoms with Crippen molar-refractivity contribution in [1.29, 1.82) is 0 Å². The molecule has 0 radical (unpaired) electrons. The van der Waals surface area contributed by atoms with Crippen LogP contribution < -0.4 is 0 Å². The maximum atomic E-state index is 10.0. The van der Waals surface area contributed by atoms with Crippen molar-refractivity contribution in [2.24, 2.45) is 0 Å². The fraction of sp³-hybridized carbons (Fsp3) is 0.800. The van der Waals surface area contributed by atoms with E-state index in [1.807, 2.05) is 0 Å². The molecule has 0 heterocycles. The van der Waals surface area contributed by atoms with E-state index in [0.29, 0.717) is 6.61 Å². The normalized spacial score (nSPS) is 9.11. The minimum atomic E-state index is -0.453. The number of methoxy groups -OCH3 is 1. The Balaban J connectivity index is 2.83. The van der Waals surface area contributed by atoms with Gasteiger partial charge >= 0.3 is 5.97 Å². The van der Waals surface area contributed by atoms with Crippen LogP contribution in [0.5, 0.6) is 0 Å². The van der Waals surface area contributed by atoms with Crippen molar-refractivity contribution in [3.63, 3.8) is 0 Å². The van der Waals surface area contributed by atoms with Crippen molar-refractivity contribution >= 4 is 5.97 Å². The maximum absolute atomic E-state index is 10.0. The molecule has 0 aromatic carbocycles. The first-order valence-electron chi connectivity index (χ1n) is 2.56. The lowest BCUT2D eigenvalue weighted by molar-refractivity contribution is -0.273. The molecule has 0 aliphatic heterocycles. The molecule has 0 atom stereocenters. The molecule has 0 aliphatic rings. The van der Waals surface area contributed by atoms with Gasteiger partial charge in [-0.25, -0.2) is 4.79 Å². The molecule has 0 saturated heterocycles. The second-order valence-electron chi connectivity index (χ2n) is 1.39. The van der Waals surface area contributed by atoms with E-state index in [1.165, 1.54) is 14.0 Å². The van der Waals surface area contributed by atoms with Gasteiger partial charge in [0.15, 0.2) is 0 Å². The number of ether oxygens (including phenoxy) is 1. The molecule has 0 rings (SSSR count). The van der Waals surface area contributed by atoms with E-state index in [-0.39, 0.29) is 6.61 Å². The van der Waals surface area contributed by atoms with Crippen LogP contribution in [-0.4, -0.2) is 26.3 Å². The van der Waals surface area contributed by atoms with Gasteiger partial charge in [-0.3, -0.25) is 4.89 Å². The van der Waals surface area contributed by atoms with E-state index in [0.717, 1.165) is 0 Å². The molecule has 54 valence electrons. The maximum Gasteiger partial charge on any atom is 0.339 e. The van der Waals surface area contributed by atoms with E-state index in [4.69, 9.17) is 0 Å². The number of hydrogen-bond donors (Lipinski definition) is 0. The summed E-state index contributed by atoms with van der Waals surface area (Å²) in [4.78, 5) is 18.5. The van der Waals surface area contributed by atoms with Crippen LogP contribution in [0.4, 0.5) is 0 Å². The standard InChI is InChI=1S/C5H10O4/c1-5(6)9-8-4-3-7-2/h3-4H2,1-2H3. The SMILES string of the molecule is COCCOOC(C)=O. The van der Waals surface area contributed by atoms with Gasteiger partial charge in [-0.2, -0.15) is 4.89 Å². The van der Waals surface area contributed by atoms with Gasteiger partial charge in [0.25, 0.3) is 0 Å². The van der Waals surface area contributed by atoms with Crippen LogP contribution in [0.15, 0.2) is 0 Å². The minimum Gasteiger partial charge on any atom is -0.382 e. The van der Waals surface area contributed by atoms with Gasteiger partial charge < -0.3 is 4.74 Å². The molecule has 0 amide bonds. The van der Waals surface area contributed by atoms with Gasteiger partial charge in [-0.05, 0) is 0 Å². The molecule has 0 unspecified atom stereocenters. The molecule has 0 bridgehead atoms. The molecular formula is C5H10O4. The van der Waals surface area contributed by atoms with Gasteiger partial charge in [-0.15, -0.1) is 0 Å². The average Bonchev–Trinajstić information content (AvgIpc) is 1.80. The summed E-state index contributed by atoms with van der Waals surface area (Å²) >= 11 is 0. The molecule has 4 nitrogen and oxygen atoms in total. The molecule has 0 fully saturated rings. The van der Waals surface area contributed by atoms with Crippen molar-refractivity contribution in [3.05, 3.63) is 0 Å². The molecule has 0 aromatic rings. The predicted octanol–water partition coefficient (Wildman–Crippen LogP) is 0.128. The summed E-state index contributed by atoms with van der Waals surface area (Å²) in [5.41, 5.74) is 0. The molecule has 9 heavy (non-hydrogen) atoms. The van der Waals surface area contributed by atoms with E-state index in [2.05, 4.69) is 14.5 Å². The Hall–Kier alpha value is -0.610. The predicted molar refractivity (Wildman–Crippen MR) is 29.6 cm³/mol. The van der Waals surface area contributed by atoms with Gasteiger partial charge in [0.05, 0.1) is 6.61 Å². The molecule has 4 heteroatoms. The van der Waals surface area contributed by atoms with Crippen LogP contribution in [-0.2, 0) is 19.3 Å². The molecule has 0 saturated carbocycles. The van der Waals surface area contributed by atoms with Crippen molar-refractivity contribution in [3.8, 4) is 0 Å². The van der Waals surface area contributed by atoms with E-state index in [1.54, 1.807) is 0 Å². The van der Waals surface area contributed by atoms with Crippen LogP contribution in [0.1, 0.15) is 6.92 Å². The highest BCUT2D eigenvalue weighted by atomic mass is 17.2. The Kier molecular flexibility index (Phi) is 5.15. The zero-order valence-corrected chi connectivity index (χ0v) is 5.55. The fourth-order valence-corrected chi connectivity index (χ4v) is 0.242. The topological polar surface area (TPSA) is 44.8 Å². The lowest BCUT2D eigenvalue weighted by Crippen LogP contribution is -2.05. The third-order valence-corrected chi connectivity index (χ3v) is 0.547. The second kappa shape index (κ2) is 5.53. The van der Waals surface area contributed by atoms with E-state index < -0.39 is 5.97 Å². The molecular weight excluding hydrogens is 124 g/mol. The summed E-state index contributed by atoms with van der Waals surface area (Å²) in [5, 5.41) is 0. The van der Waals surface area contributed by atoms with Gasteiger partial charge in [0, 0.05) is 14.0 Å². The number of rotatable bonds is 4. The fourth-order valence-electron chi connectivity index (χ4n) is 0.242. The average molecular weight is 134 g/mol. The summed E-state index contributed by atoms with van der Waals surface area (Å²) in [7, 11) is 1.54. The molecule has 0 aromatic heterocycles. The molecule has 0 spiro atoms. The largest absolute Gasteiger partial charge is 0.382 e. The van der Waals surface area contributed by atoms with Gasteiger partial charge in [0.1, 0.15) is 6.61 Å². The summed E-state index contributed by atoms with van der Waals surface area (Å²) in [6.45, 7) is 1.97. The van der Waals surface area contributed by atoms with Crippen molar-refractivity contribution < 1.29 is 19.3 Å². The Labute approximate surface area is 53.6 Å². The van der Waals surface area contributed by atoms with E-state index in [9.17, 15) is 4.79 Å². The molecule has 0 aliphatic carbocycles. The monoisotopic (exact) mass is 134 g/mol. The first-order chi connectivity index (χ1) is 4.27. The zero-order chi connectivity index (χ0) is 7.11. The first kappa shape index (κ1) is 8.39. The van der Waals surface area contributed by atoms with Crippen molar-refractivity contribution in [2.75, 3.05) is 20.3 Å². The first-order valence-corrected chi connectivity index (χ1v) is 2.56. The lowest BCUT2D eigenvalue weighted by Gasteiger charge is -1.98. The Morgan fingerprint density at radius 2 is 2.11 bits per heavy atom. The number of hydrogen-bond acceptors (Lipinski definition) is 4. The highest BCUT2D eigenvalue weighted by Crippen LogP contribution is 1.78. The summed E-state index contributed by atoms with van der Waals surface area (Å²) in [6.07, 6.45) is 0. The van der Waals surface area contributed by atoms with Crippen LogP contribution >= 0.6 is 0 Å². The highest BCUT2D eigenvalue weighted by Gasteiger charge is 1.90. The lowest BCUT2D eigenvalue weighted by atomic mass is 10.8. The third-order valence-electron chi connectivity index (χ3n) is 0.547. The number of carbonyl (C=O) groups excluding carboxylic acids is 1. The van der Waals surface area contributed by atoms with Crippen LogP contribution in [0.2, 0.25) is 0 Å². The molecule has 0 N–H and O–H groups in total. The zero-order valence-electron chi connectivity index (χ0n) is 5.55. The Morgan fingerprint density at radius 3 is 2.56 bits per heavy atom. The minimum absolute atomic E-state index is 0.274. The second-order valence-corrected chi connectivity index (χ2v) is 1.39. The Morgan fingerprint density at radius 1 is 1.44 bits per heavy atom. The smallest absolute Gasteiger partial charge is 0.339 e. The third kappa shape index (κ3) is 7.39. The summed E-state index contributed by atoms with van der Waals surface area (Å²) < 4.78 is 4.61. The summed E-state index contributed by atoms with van der Waals surface area (Å²) in [5.74, 6) is -0.453. The van der Waals surface area contributed by atoms with Crippen molar-refractivity contribution in [2.45, 2.75) is 6.92 Å². The quantitative estimate of drug-likeness (QED) is 0.311. The van der Waals surface area contributed by atoms with Crippen molar-refractivity contribution in [1.82, 2.24) is 0 Å². The highest BCUT2D eigenvalue weighted by molar-refractivity contribution is 5.65. The number of carbonyl (C=O) groups is 1. The van der Waals surface area contributed by atoms with Crippen LogP contribution in [0.25, 0.3) is 0 Å². The Bertz CT molecular complexity index is 81.0. The van der Waals surface area contributed by atoms with Gasteiger partial charge in [0.2, 0.25) is 0 Å². The van der Waals surface area contributed by atoms with Crippen LogP contribution in [0.3, 0.4) is 0 Å². The van der Waals surface area contributed by atoms with Crippen LogP contribution in [0, 0.1) is 0 Å². The van der Waals surface area contributed by atoms with E-state index >= 15 is 0 Å². The summed E-state index contributed by atoms with van der Waals surface area (Å²) in [6, 6.07) is 0.